The molecule has 1 aliphatic heterocycles. The second-order valence-corrected chi connectivity index (χ2v) is 6.91. The van der Waals surface area contributed by atoms with Crippen molar-refractivity contribution < 1.29 is 4.39 Å². The van der Waals surface area contributed by atoms with Crippen LogP contribution in [-0.4, -0.2) is 41.1 Å². The lowest BCUT2D eigenvalue weighted by Gasteiger charge is -2.24. The molecule has 2 aromatic heterocycles. The van der Waals surface area contributed by atoms with Crippen molar-refractivity contribution >= 4 is 11.5 Å². The topological polar surface area (TPSA) is 45.2 Å². The molecule has 3 heterocycles. The van der Waals surface area contributed by atoms with Crippen LogP contribution in [0.15, 0.2) is 54.7 Å². The number of aromatic nitrogens is 3. The minimum absolute atomic E-state index is 0.199. The first-order chi connectivity index (χ1) is 13.7. The number of nitrogens with zero attached hydrogens (tertiary/aromatic N) is 5. The Bertz CT molecular complexity index is 914. The molecular formula is C22H24FN5. The molecule has 1 fully saturated rings. The number of hydrogen-bond acceptors (Lipinski definition) is 5. The highest BCUT2D eigenvalue weighted by Crippen LogP contribution is 2.22. The average molecular weight is 377 g/mol. The van der Waals surface area contributed by atoms with E-state index in [1.165, 1.54) is 12.1 Å². The van der Waals surface area contributed by atoms with Gasteiger partial charge in [-0.05, 0) is 49.2 Å². The normalized spacial score (nSPS) is 14.8. The van der Waals surface area contributed by atoms with E-state index in [1.807, 2.05) is 30.3 Å². The first kappa shape index (κ1) is 18.3. The van der Waals surface area contributed by atoms with Crippen molar-refractivity contribution in [2.75, 3.05) is 36.0 Å². The lowest BCUT2D eigenvalue weighted by molar-refractivity contribution is 0.627. The Kier molecular flexibility index (Phi) is 5.46. The SMILES string of the molecule is CCc1cc(N2CCCN(c3ccc(F)cc3)CC2)nc(-c2ccccn2)n1. The molecule has 6 heteroatoms. The zero-order valence-corrected chi connectivity index (χ0v) is 16.1. The Labute approximate surface area is 164 Å². The number of hydrogen-bond donors (Lipinski definition) is 0. The first-order valence-corrected chi connectivity index (χ1v) is 9.78. The highest BCUT2D eigenvalue weighted by atomic mass is 19.1. The Morgan fingerprint density at radius 3 is 2.46 bits per heavy atom. The largest absolute Gasteiger partial charge is 0.370 e. The predicted molar refractivity (Wildman–Crippen MR) is 110 cm³/mol. The summed E-state index contributed by atoms with van der Waals surface area (Å²) in [5.41, 5.74) is 2.88. The van der Waals surface area contributed by atoms with Gasteiger partial charge in [0.15, 0.2) is 5.82 Å². The predicted octanol–water partition coefficient (Wildman–Crippen LogP) is 3.96. The van der Waals surface area contributed by atoms with Gasteiger partial charge in [-0.15, -0.1) is 0 Å². The fourth-order valence-electron chi connectivity index (χ4n) is 3.49. The van der Waals surface area contributed by atoms with Crippen LogP contribution in [0, 0.1) is 5.82 Å². The van der Waals surface area contributed by atoms with E-state index in [4.69, 9.17) is 4.98 Å². The second kappa shape index (κ2) is 8.33. The molecule has 0 aliphatic carbocycles. The Morgan fingerprint density at radius 2 is 1.71 bits per heavy atom. The van der Waals surface area contributed by atoms with Crippen molar-refractivity contribution in [2.24, 2.45) is 0 Å². The number of halogens is 1. The molecule has 1 aromatic carbocycles. The van der Waals surface area contributed by atoms with Gasteiger partial charge in [-0.25, -0.2) is 14.4 Å². The number of anilines is 2. The Morgan fingerprint density at radius 1 is 0.929 bits per heavy atom. The number of pyridine rings is 1. The van der Waals surface area contributed by atoms with Crippen molar-refractivity contribution in [3.63, 3.8) is 0 Å². The quantitative estimate of drug-likeness (QED) is 0.689. The van der Waals surface area contributed by atoms with E-state index < -0.39 is 0 Å². The maximum absolute atomic E-state index is 13.2. The van der Waals surface area contributed by atoms with Gasteiger partial charge in [-0.3, -0.25) is 4.98 Å². The summed E-state index contributed by atoms with van der Waals surface area (Å²) in [6, 6.07) is 14.6. The van der Waals surface area contributed by atoms with Gasteiger partial charge >= 0.3 is 0 Å². The maximum atomic E-state index is 13.2. The number of benzene rings is 1. The van der Waals surface area contributed by atoms with Crippen LogP contribution in [0.5, 0.6) is 0 Å². The molecule has 3 aromatic rings. The molecule has 5 nitrogen and oxygen atoms in total. The summed E-state index contributed by atoms with van der Waals surface area (Å²) in [4.78, 5) is 18.5. The molecule has 0 saturated carbocycles. The van der Waals surface area contributed by atoms with E-state index in [9.17, 15) is 4.39 Å². The summed E-state index contributed by atoms with van der Waals surface area (Å²) in [6.07, 6.45) is 3.64. The monoisotopic (exact) mass is 377 g/mol. The highest BCUT2D eigenvalue weighted by Gasteiger charge is 2.18. The van der Waals surface area contributed by atoms with Crippen LogP contribution in [0.1, 0.15) is 19.0 Å². The summed E-state index contributed by atoms with van der Waals surface area (Å²) in [6.45, 7) is 5.71. The van der Waals surface area contributed by atoms with Crippen molar-refractivity contribution in [2.45, 2.75) is 19.8 Å². The first-order valence-electron chi connectivity index (χ1n) is 9.78. The van der Waals surface area contributed by atoms with Gasteiger partial charge in [0, 0.05) is 49.8 Å². The third-order valence-electron chi connectivity index (χ3n) is 5.03. The van der Waals surface area contributed by atoms with Gasteiger partial charge in [0.2, 0.25) is 0 Å². The van der Waals surface area contributed by atoms with Crippen LogP contribution in [-0.2, 0) is 6.42 Å². The van der Waals surface area contributed by atoms with Crippen LogP contribution in [0.25, 0.3) is 11.5 Å². The molecule has 0 spiro atoms. The Balaban J connectivity index is 1.56. The van der Waals surface area contributed by atoms with E-state index in [0.29, 0.717) is 5.82 Å². The zero-order chi connectivity index (χ0) is 19.3. The van der Waals surface area contributed by atoms with Gasteiger partial charge in [0.1, 0.15) is 17.3 Å². The molecule has 144 valence electrons. The molecule has 0 unspecified atom stereocenters. The van der Waals surface area contributed by atoms with E-state index in [2.05, 4.69) is 32.8 Å². The molecule has 1 saturated heterocycles. The third-order valence-corrected chi connectivity index (χ3v) is 5.03. The van der Waals surface area contributed by atoms with Crippen LogP contribution in [0.4, 0.5) is 15.9 Å². The lowest BCUT2D eigenvalue weighted by atomic mass is 10.2. The Hall–Kier alpha value is -3.02. The standard InChI is InChI=1S/C22H24FN5/c1-2-18-16-21(26-22(25-18)20-6-3-4-11-24-20)28-13-5-12-27(14-15-28)19-9-7-17(23)8-10-19/h3-4,6-11,16H,2,5,12-15H2,1H3. The molecule has 1 aliphatic rings. The van der Waals surface area contributed by atoms with E-state index in [0.717, 1.165) is 61.9 Å². The summed E-state index contributed by atoms with van der Waals surface area (Å²) < 4.78 is 13.2. The minimum Gasteiger partial charge on any atom is -0.370 e. The van der Waals surface area contributed by atoms with E-state index in [-0.39, 0.29) is 5.82 Å². The maximum Gasteiger partial charge on any atom is 0.180 e. The van der Waals surface area contributed by atoms with Crippen LogP contribution in [0.2, 0.25) is 0 Å². The number of aryl methyl sites for hydroxylation is 1. The summed E-state index contributed by atoms with van der Waals surface area (Å²) in [5.74, 6) is 1.43. The van der Waals surface area contributed by atoms with Crippen molar-refractivity contribution in [3.05, 3.63) is 66.2 Å². The van der Waals surface area contributed by atoms with Gasteiger partial charge < -0.3 is 9.80 Å². The fraction of sp³-hybridized carbons (Fsp3) is 0.318. The molecular weight excluding hydrogens is 353 g/mol. The molecule has 28 heavy (non-hydrogen) atoms. The summed E-state index contributed by atoms with van der Waals surface area (Å²) in [7, 11) is 0. The molecule has 0 radical (unpaired) electrons. The highest BCUT2D eigenvalue weighted by molar-refractivity contribution is 5.54. The third kappa shape index (κ3) is 4.11. The average Bonchev–Trinajstić information content (AvgIpc) is 3.01. The summed E-state index contributed by atoms with van der Waals surface area (Å²) >= 11 is 0. The molecule has 4 rings (SSSR count). The van der Waals surface area contributed by atoms with E-state index >= 15 is 0 Å². The fourth-order valence-corrected chi connectivity index (χ4v) is 3.49. The molecule has 0 N–H and O–H groups in total. The van der Waals surface area contributed by atoms with Crippen LogP contribution in [0.3, 0.4) is 0 Å². The van der Waals surface area contributed by atoms with Crippen molar-refractivity contribution in [3.8, 4) is 11.5 Å². The van der Waals surface area contributed by atoms with Gasteiger partial charge in [-0.2, -0.15) is 0 Å². The lowest BCUT2D eigenvalue weighted by Crippen LogP contribution is -2.31. The van der Waals surface area contributed by atoms with E-state index in [1.54, 1.807) is 6.20 Å². The van der Waals surface area contributed by atoms with Crippen LogP contribution < -0.4 is 9.80 Å². The van der Waals surface area contributed by atoms with Crippen LogP contribution >= 0.6 is 0 Å². The minimum atomic E-state index is -0.199. The van der Waals surface area contributed by atoms with Crippen molar-refractivity contribution in [1.82, 2.24) is 15.0 Å². The molecule has 0 amide bonds. The molecule has 0 bridgehead atoms. The number of rotatable bonds is 4. The second-order valence-electron chi connectivity index (χ2n) is 6.91. The summed E-state index contributed by atoms with van der Waals surface area (Å²) in [5, 5.41) is 0. The van der Waals surface area contributed by atoms with Gasteiger partial charge in [-0.1, -0.05) is 13.0 Å². The van der Waals surface area contributed by atoms with Gasteiger partial charge in [0.25, 0.3) is 0 Å². The van der Waals surface area contributed by atoms with Crippen molar-refractivity contribution in [1.29, 1.82) is 0 Å². The molecule has 0 atom stereocenters. The smallest absolute Gasteiger partial charge is 0.180 e. The zero-order valence-electron chi connectivity index (χ0n) is 16.1. The van der Waals surface area contributed by atoms with Gasteiger partial charge in [0.05, 0.1) is 0 Å².